The van der Waals surface area contributed by atoms with Crippen LogP contribution in [0.5, 0.6) is 5.75 Å². The normalized spacial score (nSPS) is 12.9. The van der Waals surface area contributed by atoms with Crippen LogP contribution in [-0.2, 0) is 0 Å². The molecule has 2 nitrogen and oxygen atoms in total. The van der Waals surface area contributed by atoms with Gasteiger partial charge in [0.25, 0.3) is 0 Å². The summed E-state index contributed by atoms with van der Waals surface area (Å²) in [4.78, 5) is 0. The number of hydrogen-bond donors (Lipinski definition) is 1. The van der Waals surface area contributed by atoms with Crippen LogP contribution in [0.4, 0.5) is 0 Å². The molecule has 2 N–H and O–H groups in total. The maximum Gasteiger partial charge on any atom is 0.124 e. The maximum atomic E-state index is 5.95. The first-order valence-corrected chi connectivity index (χ1v) is 6.17. The smallest absolute Gasteiger partial charge is 0.124 e. The third kappa shape index (κ3) is 3.39. The van der Waals surface area contributed by atoms with Crippen LogP contribution in [0.3, 0.4) is 0 Å². The van der Waals surface area contributed by atoms with Gasteiger partial charge in [-0.2, -0.15) is 0 Å². The zero-order chi connectivity index (χ0) is 12.1. The van der Waals surface area contributed by atoms with Gasteiger partial charge in [0, 0.05) is 16.6 Å². The van der Waals surface area contributed by atoms with Gasteiger partial charge in [0.15, 0.2) is 0 Å². The van der Waals surface area contributed by atoms with E-state index in [9.17, 15) is 0 Å². The largest absolute Gasteiger partial charge is 0.490 e. The Balaban J connectivity index is 2.94. The minimum absolute atomic E-state index is 0.0666. The van der Waals surface area contributed by atoms with Gasteiger partial charge in [-0.1, -0.05) is 25.4 Å². The monoisotopic (exact) mass is 241 g/mol. The fraction of sp³-hybridized carbons (Fsp3) is 0.538. The molecule has 0 saturated heterocycles. The lowest BCUT2D eigenvalue weighted by atomic mass is 10.1. The molecule has 1 atom stereocenters. The Labute approximate surface area is 103 Å². The molecule has 0 aromatic heterocycles. The van der Waals surface area contributed by atoms with E-state index in [0.29, 0.717) is 5.02 Å². The molecule has 0 amide bonds. The predicted molar refractivity (Wildman–Crippen MR) is 69.1 cm³/mol. The minimum atomic E-state index is -0.0666. The Morgan fingerprint density at radius 1 is 1.31 bits per heavy atom. The van der Waals surface area contributed by atoms with Crippen LogP contribution in [0.2, 0.25) is 5.02 Å². The summed E-state index contributed by atoms with van der Waals surface area (Å²) in [7, 11) is 0. The molecule has 0 radical (unpaired) electrons. The van der Waals surface area contributed by atoms with E-state index in [1.807, 2.05) is 25.1 Å². The third-order valence-electron chi connectivity index (χ3n) is 2.67. The lowest BCUT2D eigenvalue weighted by molar-refractivity contribution is 0.190. The van der Waals surface area contributed by atoms with Gasteiger partial charge in [0.1, 0.15) is 5.75 Å². The highest BCUT2D eigenvalue weighted by Crippen LogP contribution is 2.28. The van der Waals surface area contributed by atoms with Crippen molar-refractivity contribution in [2.24, 2.45) is 5.73 Å². The van der Waals surface area contributed by atoms with Crippen molar-refractivity contribution in [2.45, 2.75) is 45.8 Å². The molecule has 0 spiro atoms. The summed E-state index contributed by atoms with van der Waals surface area (Å²) in [6.45, 7) is 6.18. The summed E-state index contributed by atoms with van der Waals surface area (Å²) in [5.41, 5.74) is 6.88. The van der Waals surface area contributed by atoms with Crippen LogP contribution in [0, 0.1) is 0 Å². The fourth-order valence-electron chi connectivity index (χ4n) is 1.62. The van der Waals surface area contributed by atoms with E-state index in [1.54, 1.807) is 0 Å². The molecule has 3 heteroatoms. The third-order valence-corrected chi connectivity index (χ3v) is 2.90. The van der Waals surface area contributed by atoms with Crippen molar-refractivity contribution in [3.8, 4) is 5.75 Å². The first kappa shape index (κ1) is 13.3. The molecule has 0 fully saturated rings. The van der Waals surface area contributed by atoms with Crippen molar-refractivity contribution >= 4 is 11.6 Å². The molecule has 90 valence electrons. The molecule has 16 heavy (non-hydrogen) atoms. The van der Waals surface area contributed by atoms with E-state index in [4.69, 9.17) is 22.1 Å². The summed E-state index contributed by atoms with van der Waals surface area (Å²) in [6, 6.07) is 5.55. The van der Waals surface area contributed by atoms with Crippen molar-refractivity contribution < 1.29 is 4.74 Å². The fourth-order valence-corrected chi connectivity index (χ4v) is 1.80. The second-order valence-corrected chi connectivity index (χ2v) is 4.46. The first-order valence-electron chi connectivity index (χ1n) is 5.80. The standard InChI is InChI=1S/C13H20ClNO/c1-4-11(5-2)16-13-7-6-10(14)8-12(13)9(3)15/h6-9,11H,4-5,15H2,1-3H3. The van der Waals surface area contributed by atoms with Gasteiger partial charge in [-0.25, -0.2) is 0 Å². The van der Waals surface area contributed by atoms with Crippen molar-refractivity contribution in [3.63, 3.8) is 0 Å². The Hall–Kier alpha value is -0.730. The zero-order valence-electron chi connectivity index (χ0n) is 10.2. The highest BCUT2D eigenvalue weighted by atomic mass is 35.5. The average Bonchev–Trinajstić information content (AvgIpc) is 2.27. The molecule has 0 saturated carbocycles. The first-order chi connectivity index (χ1) is 7.58. The number of hydrogen-bond acceptors (Lipinski definition) is 2. The van der Waals surface area contributed by atoms with Gasteiger partial charge in [-0.15, -0.1) is 0 Å². The van der Waals surface area contributed by atoms with Gasteiger partial charge in [-0.05, 0) is 38.0 Å². The van der Waals surface area contributed by atoms with Crippen LogP contribution in [0.1, 0.15) is 45.2 Å². The Morgan fingerprint density at radius 2 is 1.94 bits per heavy atom. The quantitative estimate of drug-likeness (QED) is 0.848. The number of rotatable bonds is 5. The number of halogens is 1. The Kier molecular flexibility index (Phi) is 5.10. The van der Waals surface area contributed by atoms with E-state index in [2.05, 4.69) is 13.8 Å². The minimum Gasteiger partial charge on any atom is -0.490 e. The highest BCUT2D eigenvalue weighted by molar-refractivity contribution is 6.30. The molecular formula is C13H20ClNO. The van der Waals surface area contributed by atoms with Crippen LogP contribution in [0.25, 0.3) is 0 Å². The van der Waals surface area contributed by atoms with Gasteiger partial charge in [-0.3, -0.25) is 0 Å². The van der Waals surface area contributed by atoms with Crippen LogP contribution in [-0.4, -0.2) is 6.10 Å². The molecule has 1 aromatic rings. The zero-order valence-corrected chi connectivity index (χ0v) is 10.9. The van der Waals surface area contributed by atoms with Crippen LogP contribution in [0.15, 0.2) is 18.2 Å². The summed E-state index contributed by atoms with van der Waals surface area (Å²) in [5.74, 6) is 0.855. The summed E-state index contributed by atoms with van der Waals surface area (Å²) in [5, 5.41) is 0.698. The number of nitrogens with two attached hydrogens (primary N) is 1. The van der Waals surface area contributed by atoms with Crippen LogP contribution >= 0.6 is 11.6 Å². The second-order valence-electron chi connectivity index (χ2n) is 4.03. The van der Waals surface area contributed by atoms with E-state index >= 15 is 0 Å². The molecule has 0 aliphatic carbocycles. The molecule has 0 aliphatic rings. The van der Waals surface area contributed by atoms with E-state index in [0.717, 1.165) is 24.2 Å². The number of ether oxygens (including phenoxy) is 1. The van der Waals surface area contributed by atoms with E-state index in [-0.39, 0.29) is 12.1 Å². The molecule has 0 heterocycles. The average molecular weight is 242 g/mol. The van der Waals surface area contributed by atoms with Gasteiger partial charge >= 0.3 is 0 Å². The second kappa shape index (κ2) is 6.12. The summed E-state index contributed by atoms with van der Waals surface area (Å²) >= 11 is 5.95. The molecular weight excluding hydrogens is 222 g/mol. The van der Waals surface area contributed by atoms with E-state index < -0.39 is 0 Å². The highest BCUT2D eigenvalue weighted by Gasteiger charge is 2.12. The van der Waals surface area contributed by atoms with Crippen molar-refractivity contribution in [1.29, 1.82) is 0 Å². The maximum absolute atomic E-state index is 5.95. The molecule has 1 unspecified atom stereocenters. The van der Waals surface area contributed by atoms with Crippen molar-refractivity contribution in [1.82, 2.24) is 0 Å². The molecule has 1 rings (SSSR count). The lowest BCUT2D eigenvalue weighted by Crippen LogP contribution is -2.16. The SMILES string of the molecule is CCC(CC)Oc1ccc(Cl)cc1C(C)N. The summed E-state index contributed by atoms with van der Waals surface area (Å²) < 4.78 is 5.92. The molecule has 1 aromatic carbocycles. The van der Waals surface area contributed by atoms with Gasteiger partial charge < -0.3 is 10.5 Å². The van der Waals surface area contributed by atoms with E-state index in [1.165, 1.54) is 0 Å². The Bertz CT molecular complexity index is 335. The molecule has 0 aliphatic heterocycles. The Morgan fingerprint density at radius 3 is 2.44 bits per heavy atom. The topological polar surface area (TPSA) is 35.2 Å². The van der Waals surface area contributed by atoms with Gasteiger partial charge in [0.05, 0.1) is 6.10 Å². The van der Waals surface area contributed by atoms with Crippen molar-refractivity contribution in [2.75, 3.05) is 0 Å². The van der Waals surface area contributed by atoms with Gasteiger partial charge in [0.2, 0.25) is 0 Å². The molecule has 0 bridgehead atoms. The van der Waals surface area contributed by atoms with Crippen LogP contribution < -0.4 is 10.5 Å². The van der Waals surface area contributed by atoms with Crippen molar-refractivity contribution in [3.05, 3.63) is 28.8 Å². The summed E-state index contributed by atoms with van der Waals surface area (Å²) in [6.07, 6.45) is 2.24. The number of benzene rings is 1. The lowest BCUT2D eigenvalue weighted by Gasteiger charge is -2.20. The predicted octanol–water partition coefficient (Wildman–Crippen LogP) is 3.93.